The van der Waals surface area contributed by atoms with Gasteiger partial charge >= 0.3 is 12.0 Å². The molecule has 2 unspecified atom stereocenters. The Labute approximate surface area is 116 Å². The van der Waals surface area contributed by atoms with Crippen molar-refractivity contribution in [2.24, 2.45) is 5.92 Å². The molecule has 19 heavy (non-hydrogen) atoms. The van der Waals surface area contributed by atoms with Gasteiger partial charge in [0.1, 0.15) is 0 Å². The maximum Gasteiger partial charge on any atom is 0.315 e. The fourth-order valence-electron chi connectivity index (χ4n) is 2.22. The number of rotatable bonds is 9. The van der Waals surface area contributed by atoms with Crippen molar-refractivity contribution in [3.05, 3.63) is 0 Å². The molecule has 112 valence electrons. The number of aliphatic carboxylic acids is 1. The summed E-state index contributed by atoms with van der Waals surface area (Å²) in [5.41, 5.74) is 0. The summed E-state index contributed by atoms with van der Waals surface area (Å²) in [5, 5.41) is 14.3. The molecule has 0 fully saturated rings. The highest BCUT2D eigenvalue weighted by Gasteiger charge is 2.16. The first-order valence-corrected chi connectivity index (χ1v) is 7.19. The van der Waals surface area contributed by atoms with Crippen LogP contribution in [0.25, 0.3) is 0 Å². The van der Waals surface area contributed by atoms with Crippen LogP contribution in [0.3, 0.4) is 0 Å². The van der Waals surface area contributed by atoms with Gasteiger partial charge in [0.15, 0.2) is 0 Å². The van der Waals surface area contributed by atoms with E-state index < -0.39 is 5.97 Å². The molecule has 5 heteroatoms. The molecule has 0 aromatic carbocycles. The number of carbonyl (C=O) groups excluding carboxylic acids is 1. The van der Waals surface area contributed by atoms with E-state index in [0.717, 1.165) is 12.8 Å². The summed E-state index contributed by atoms with van der Waals surface area (Å²) in [6.45, 7) is 8.16. The Morgan fingerprint density at radius 2 is 1.68 bits per heavy atom. The second-order valence-electron chi connectivity index (χ2n) is 5.17. The smallest absolute Gasteiger partial charge is 0.315 e. The summed E-state index contributed by atoms with van der Waals surface area (Å²) in [7, 11) is 0. The Morgan fingerprint density at radius 1 is 1.11 bits per heavy atom. The van der Waals surface area contributed by atoms with Crippen LogP contribution in [0.1, 0.15) is 59.8 Å². The predicted octanol–water partition coefficient (Wildman–Crippen LogP) is 2.75. The first-order chi connectivity index (χ1) is 8.90. The zero-order valence-corrected chi connectivity index (χ0v) is 12.5. The van der Waals surface area contributed by atoms with Crippen LogP contribution >= 0.6 is 0 Å². The molecule has 0 radical (unpaired) electrons. The summed E-state index contributed by atoms with van der Waals surface area (Å²) in [6, 6.07) is -0.0169. The standard InChI is InChI=1S/C14H28N2O3/c1-5-12(6-2)11(4)16-14(19)15-10(3)8-7-9-13(17)18/h10-12H,5-9H2,1-4H3,(H,17,18)(H2,15,16,19). The van der Waals surface area contributed by atoms with Crippen LogP contribution in [0, 0.1) is 5.92 Å². The van der Waals surface area contributed by atoms with Crippen LogP contribution in [-0.4, -0.2) is 29.2 Å². The molecule has 0 aromatic heterocycles. The van der Waals surface area contributed by atoms with Gasteiger partial charge in [0.2, 0.25) is 0 Å². The average molecular weight is 272 g/mol. The number of urea groups is 1. The molecule has 0 bridgehead atoms. The van der Waals surface area contributed by atoms with Crippen molar-refractivity contribution < 1.29 is 14.7 Å². The van der Waals surface area contributed by atoms with E-state index in [1.807, 2.05) is 13.8 Å². The van der Waals surface area contributed by atoms with Gasteiger partial charge in [-0.1, -0.05) is 26.7 Å². The van der Waals surface area contributed by atoms with Gasteiger partial charge < -0.3 is 15.7 Å². The van der Waals surface area contributed by atoms with E-state index in [9.17, 15) is 9.59 Å². The second kappa shape index (κ2) is 9.64. The Hall–Kier alpha value is -1.26. The number of carbonyl (C=O) groups is 2. The molecule has 0 saturated carbocycles. The lowest BCUT2D eigenvalue weighted by Gasteiger charge is -2.24. The molecular weight excluding hydrogens is 244 g/mol. The van der Waals surface area contributed by atoms with Gasteiger partial charge in [-0.05, 0) is 32.6 Å². The normalized spacial score (nSPS) is 13.9. The number of carboxylic acid groups (broad SMARTS) is 1. The number of amides is 2. The summed E-state index contributed by atoms with van der Waals surface area (Å²) in [4.78, 5) is 22.1. The van der Waals surface area contributed by atoms with E-state index >= 15 is 0 Å². The molecule has 0 aliphatic rings. The van der Waals surface area contributed by atoms with E-state index in [0.29, 0.717) is 18.8 Å². The lowest BCUT2D eigenvalue weighted by molar-refractivity contribution is -0.137. The van der Waals surface area contributed by atoms with Gasteiger partial charge in [-0.2, -0.15) is 0 Å². The SMILES string of the molecule is CCC(CC)C(C)NC(=O)NC(C)CCCC(=O)O. The Morgan fingerprint density at radius 3 is 2.16 bits per heavy atom. The maximum absolute atomic E-state index is 11.8. The Bertz CT molecular complexity index is 278. The molecule has 0 aliphatic carbocycles. The number of nitrogens with one attached hydrogen (secondary N) is 2. The van der Waals surface area contributed by atoms with Gasteiger partial charge in [-0.25, -0.2) is 4.79 Å². The topological polar surface area (TPSA) is 78.4 Å². The van der Waals surface area contributed by atoms with Crippen LogP contribution in [0.5, 0.6) is 0 Å². The minimum Gasteiger partial charge on any atom is -0.481 e. The quantitative estimate of drug-likeness (QED) is 0.604. The van der Waals surface area contributed by atoms with E-state index in [4.69, 9.17) is 5.11 Å². The van der Waals surface area contributed by atoms with E-state index in [2.05, 4.69) is 24.5 Å². The second-order valence-corrected chi connectivity index (χ2v) is 5.17. The van der Waals surface area contributed by atoms with Crippen molar-refractivity contribution >= 4 is 12.0 Å². The Kier molecular flexibility index (Phi) is 9.00. The first-order valence-electron chi connectivity index (χ1n) is 7.19. The van der Waals surface area contributed by atoms with Crippen LogP contribution in [0.4, 0.5) is 4.79 Å². The first kappa shape index (κ1) is 17.7. The minimum absolute atomic E-state index is 0.00625. The molecule has 0 spiro atoms. The van der Waals surface area contributed by atoms with E-state index in [1.165, 1.54) is 0 Å². The number of hydrogen-bond acceptors (Lipinski definition) is 2. The fourth-order valence-corrected chi connectivity index (χ4v) is 2.22. The minimum atomic E-state index is -0.793. The van der Waals surface area contributed by atoms with Gasteiger partial charge in [-0.15, -0.1) is 0 Å². The number of hydrogen-bond donors (Lipinski definition) is 3. The molecule has 0 aliphatic heterocycles. The predicted molar refractivity (Wildman–Crippen MR) is 76.2 cm³/mol. The van der Waals surface area contributed by atoms with Crippen LogP contribution < -0.4 is 10.6 Å². The summed E-state index contributed by atoms with van der Waals surface area (Å²) in [6.07, 6.45) is 3.51. The van der Waals surface area contributed by atoms with Gasteiger partial charge in [0.25, 0.3) is 0 Å². The van der Waals surface area contributed by atoms with Gasteiger partial charge in [0, 0.05) is 18.5 Å². The van der Waals surface area contributed by atoms with Crippen LogP contribution in [0.2, 0.25) is 0 Å². The summed E-state index contributed by atoms with van der Waals surface area (Å²) in [5.74, 6) is -0.299. The molecule has 0 rings (SSSR count). The molecule has 0 aromatic rings. The van der Waals surface area contributed by atoms with Crippen molar-refractivity contribution in [3.8, 4) is 0 Å². The molecular formula is C14H28N2O3. The summed E-state index contributed by atoms with van der Waals surface area (Å²) < 4.78 is 0. The highest BCUT2D eigenvalue weighted by molar-refractivity contribution is 5.74. The molecule has 2 atom stereocenters. The highest BCUT2D eigenvalue weighted by atomic mass is 16.4. The summed E-state index contributed by atoms with van der Waals surface area (Å²) >= 11 is 0. The lowest BCUT2D eigenvalue weighted by Crippen LogP contribution is -2.46. The van der Waals surface area contributed by atoms with Crippen molar-refractivity contribution in [2.75, 3.05) is 0 Å². The van der Waals surface area contributed by atoms with Crippen LogP contribution in [0.15, 0.2) is 0 Å². The van der Waals surface area contributed by atoms with E-state index in [-0.39, 0.29) is 24.5 Å². The zero-order chi connectivity index (χ0) is 14.8. The molecule has 5 nitrogen and oxygen atoms in total. The van der Waals surface area contributed by atoms with Crippen LogP contribution in [-0.2, 0) is 4.79 Å². The molecule has 0 heterocycles. The lowest BCUT2D eigenvalue weighted by atomic mass is 9.96. The molecule has 2 amide bonds. The average Bonchev–Trinajstić information content (AvgIpc) is 2.29. The van der Waals surface area contributed by atoms with Crippen molar-refractivity contribution in [1.82, 2.24) is 10.6 Å². The Balaban J connectivity index is 3.92. The largest absolute Gasteiger partial charge is 0.481 e. The fraction of sp³-hybridized carbons (Fsp3) is 0.857. The number of carboxylic acids is 1. The van der Waals surface area contributed by atoms with Gasteiger partial charge in [0.05, 0.1) is 0 Å². The van der Waals surface area contributed by atoms with Crippen molar-refractivity contribution in [1.29, 1.82) is 0 Å². The third-order valence-electron chi connectivity index (χ3n) is 3.52. The highest BCUT2D eigenvalue weighted by Crippen LogP contribution is 2.12. The van der Waals surface area contributed by atoms with E-state index in [1.54, 1.807) is 0 Å². The van der Waals surface area contributed by atoms with Crippen molar-refractivity contribution in [2.45, 2.75) is 71.9 Å². The van der Waals surface area contributed by atoms with Gasteiger partial charge in [-0.3, -0.25) is 4.79 Å². The third kappa shape index (κ3) is 8.46. The third-order valence-corrected chi connectivity index (χ3v) is 3.52. The zero-order valence-electron chi connectivity index (χ0n) is 12.5. The van der Waals surface area contributed by atoms with Crippen molar-refractivity contribution in [3.63, 3.8) is 0 Å². The maximum atomic E-state index is 11.8. The monoisotopic (exact) mass is 272 g/mol. The molecule has 3 N–H and O–H groups in total. The molecule has 0 saturated heterocycles.